The van der Waals surface area contributed by atoms with Gasteiger partial charge in [-0.3, -0.25) is 14.6 Å². The predicted octanol–water partition coefficient (Wildman–Crippen LogP) is 3.21. The Kier molecular flexibility index (Phi) is 4.66. The number of nitrogens with zero attached hydrogens (tertiary/aromatic N) is 3. The molecule has 0 radical (unpaired) electrons. The molecule has 0 atom stereocenters. The summed E-state index contributed by atoms with van der Waals surface area (Å²) >= 11 is 0. The molecule has 3 heterocycles. The van der Waals surface area contributed by atoms with E-state index in [0.29, 0.717) is 11.8 Å². The number of furan rings is 1. The number of amides is 1. The molecule has 3 aliphatic rings. The fraction of sp³-hybridized carbons (Fsp3) is 0.591. The van der Waals surface area contributed by atoms with Crippen LogP contribution in [-0.2, 0) is 0 Å². The van der Waals surface area contributed by atoms with Gasteiger partial charge in [0.05, 0.1) is 0 Å². The maximum atomic E-state index is 12.7. The second-order valence-corrected chi connectivity index (χ2v) is 8.38. The van der Waals surface area contributed by atoms with Gasteiger partial charge in [0.1, 0.15) is 5.58 Å². The second kappa shape index (κ2) is 7.28. The van der Waals surface area contributed by atoms with E-state index in [1.165, 1.54) is 45.2 Å². The SMILES string of the molecule is O=C(c1cc2ccccc2o1)N1CC(N2CCN(C3CCCCC3)CC2)C1. The Morgan fingerprint density at radius 1 is 0.889 bits per heavy atom. The van der Waals surface area contributed by atoms with Crippen LogP contribution < -0.4 is 0 Å². The summed E-state index contributed by atoms with van der Waals surface area (Å²) in [6.45, 7) is 6.34. The van der Waals surface area contributed by atoms with Crippen LogP contribution in [0.1, 0.15) is 42.7 Å². The van der Waals surface area contributed by atoms with Crippen molar-refractivity contribution in [2.75, 3.05) is 39.3 Å². The van der Waals surface area contributed by atoms with Gasteiger partial charge in [-0.05, 0) is 25.0 Å². The quantitative estimate of drug-likeness (QED) is 0.835. The van der Waals surface area contributed by atoms with E-state index in [-0.39, 0.29) is 5.91 Å². The minimum absolute atomic E-state index is 0.0308. The lowest BCUT2D eigenvalue weighted by Gasteiger charge is -2.49. The molecule has 5 heteroatoms. The zero-order valence-electron chi connectivity index (χ0n) is 16.0. The Labute approximate surface area is 160 Å². The molecule has 144 valence electrons. The second-order valence-electron chi connectivity index (χ2n) is 8.38. The zero-order valence-corrected chi connectivity index (χ0v) is 16.0. The Hall–Kier alpha value is -1.85. The van der Waals surface area contributed by atoms with E-state index >= 15 is 0 Å². The number of rotatable bonds is 3. The van der Waals surface area contributed by atoms with Crippen LogP contribution in [0.3, 0.4) is 0 Å². The van der Waals surface area contributed by atoms with Crippen LogP contribution in [0.15, 0.2) is 34.7 Å². The predicted molar refractivity (Wildman–Crippen MR) is 106 cm³/mol. The summed E-state index contributed by atoms with van der Waals surface area (Å²) in [5, 5.41) is 0.997. The lowest BCUT2D eigenvalue weighted by Crippen LogP contribution is -2.64. The van der Waals surface area contributed by atoms with Gasteiger partial charge >= 0.3 is 0 Å². The molecule has 1 aliphatic carbocycles. The van der Waals surface area contributed by atoms with Crippen molar-refractivity contribution in [3.63, 3.8) is 0 Å². The summed E-state index contributed by atoms with van der Waals surface area (Å²) in [5.74, 6) is 0.500. The first-order chi connectivity index (χ1) is 13.3. The van der Waals surface area contributed by atoms with Gasteiger partial charge in [-0.15, -0.1) is 0 Å². The van der Waals surface area contributed by atoms with Crippen molar-refractivity contribution in [3.05, 3.63) is 36.1 Å². The number of hydrogen-bond acceptors (Lipinski definition) is 4. The third-order valence-corrected chi connectivity index (χ3v) is 6.74. The fourth-order valence-electron chi connectivity index (χ4n) is 5.01. The lowest BCUT2D eigenvalue weighted by molar-refractivity contribution is -0.00379. The topological polar surface area (TPSA) is 39.9 Å². The highest BCUT2D eigenvalue weighted by atomic mass is 16.3. The number of hydrogen-bond donors (Lipinski definition) is 0. The minimum atomic E-state index is 0.0308. The molecule has 2 aromatic rings. The average molecular weight is 367 g/mol. The van der Waals surface area contributed by atoms with Crippen molar-refractivity contribution in [2.24, 2.45) is 0 Å². The first-order valence-corrected chi connectivity index (χ1v) is 10.5. The van der Waals surface area contributed by atoms with Gasteiger partial charge in [-0.1, -0.05) is 37.5 Å². The number of fused-ring (bicyclic) bond motifs is 1. The van der Waals surface area contributed by atoms with Gasteiger partial charge in [-0.2, -0.15) is 0 Å². The van der Waals surface area contributed by atoms with Crippen LogP contribution in [0.5, 0.6) is 0 Å². The third kappa shape index (κ3) is 3.39. The number of carbonyl (C=O) groups is 1. The molecule has 27 heavy (non-hydrogen) atoms. The maximum absolute atomic E-state index is 12.7. The van der Waals surface area contributed by atoms with Gasteiger partial charge in [0.25, 0.3) is 5.91 Å². The van der Waals surface area contributed by atoms with Gasteiger partial charge < -0.3 is 9.32 Å². The third-order valence-electron chi connectivity index (χ3n) is 6.74. The van der Waals surface area contributed by atoms with Crippen molar-refractivity contribution in [1.29, 1.82) is 0 Å². The molecule has 0 unspecified atom stereocenters. The van der Waals surface area contributed by atoms with E-state index in [4.69, 9.17) is 4.42 Å². The molecule has 1 amide bonds. The normalized spacial score (nSPS) is 23.6. The Bertz CT molecular complexity index is 764. The van der Waals surface area contributed by atoms with Crippen LogP contribution in [-0.4, -0.2) is 72.0 Å². The Morgan fingerprint density at radius 2 is 1.56 bits per heavy atom. The summed E-state index contributed by atoms with van der Waals surface area (Å²) < 4.78 is 5.74. The van der Waals surface area contributed by atoms with Crippen LogP contribution >= 0.6 is 0 Å². The summed E-state index contributed by atoms with van der Waals surface area (Å²) in [6.07, 6.45) is 7.03. The molecule has 2 saturated heterocycles. The highest BCUT2D eigenvalue weighted by Crippen LogP contribution is 2.26. The molecular formula is C22H29N3O2. The highest BCUT2D eigenvalue weighted by molar-refractivity contribution is 5.96. The first-order valence-electron chi connectivity index (χ1n) is 10.5. The van der Waals surface area contributed by atoms with E-state index in [1.54, 1.807) is 0 Å². The van der Waals surface area contributed by atoms with E-state index in [2.05, 4.69) is 9.80 Å². The molecule has 0 N–H and O–H groups in total. The zero-order chi connectivity index (χ0) is 18.2. The largest absolute Gasteiger partial charge is 0.451 e. The van der Waals surface area contributed by atoms with Crippen LogP contribution in [0.2, 0.25) is 0 Å². The molecule has 3 fully saturated rings. The van der Waals surface area contributed by atoms with Crippen LogP contribution in [0, 0.1) is 0 Å². The van der Waals surface area contributed by atoms with Crippen molar-refractivity contribution in [1.82, 2.24) is 14.7 Å². The molecule has 5 nitrogen and oxygen atoms in total. The molecule has 1 saturated carbocycles. The Balaban J connectivity index is 1.13. The van der Waals surface area contributed by atoms with Crippen molar-refractivity contribution >= 4 is 16.9 Å². The van der Waals surface area contributed by atoms with E-state index in [0.717, 1.165) is 43.2 Å². The maximum Gasteiger partial charge on any atom is 0.289 e. The van der Waals surface area contributed by atoms with E-state index in [1.807, 2.05) is 35.2 Å². The average Bonchev–Trinajstić information content (AvgIpc) is 3.12. The van der Waals surface area contributed by atoms with Crippen molar-refractivity contribution in [2.45, 2.75) is 44.2 Å². The molecular weight excluding hydrogens is 338 g/mol. The number of likely N-dealkylation sites (tertiary alicyclic amines) is 1. The molecule has 2 aliphatic heterocycles. The van der Waals surface area contributed by atoms with E-state index in [9.17, 15) is 4.79 Å². The minimum Gasteiger partial charge on any atom is -0.451 e. The lowest BCUT2D eigenvalue weighted by atomic mass is 9.93. The van der Waals surface area contributed by atoms with Gasteiger partial charge in [0.15, 0.2) is 5.76 Å². The number of carbonyl (C=O) groups excluding carboxylic acids is 1. The van der Waals surface area contributed by atoms with E-state index < -0.39 is 0 Å². The standard InChI is InChI=1S/C22H29N3O2/c26-22(21-14-17-6-4-5-9-20(17)27-21)25-15-19(16-25)24-12-10-23(11-13-24)18-7-2-1-3-8-18/h4-6,9,14,18-19H,1-3,7-8,10-13,15-16H2. The smallest absolute Gasteiger partial charge is 0.289 e. The number of para-hydroxylation sites is 1. The summed E-state index contributed by atoms with van der Waals surface area (Å²) in [6, 6.07) is 11.0. The number of benzene rings is 1. The molecule has 0 spiro atoms. The van der Waals surface area contributed by atoms with Crippen LogP contribution in [0.4, 0.5) is 0 Å². The fourth-order valence-corrected chi connectivity index (χ4v) is 5.01. The van der Waals surface area contributed by atoms with Gasteiger partial charge in [0, 0.05) is 56.7 Å². The highest BCUT2D eigenvalue weighted by Gasteiger charge is 2.38. The number of piperazine rings is 1. The molecule has 1 aromatic carbocycles. The summed E-state index contributed by atoms with van der Waals surface area (Å²) in [4.78, 5) is 19.9. The molecule has 5 rings (SSSR count). The summed E-state index contributed by atoms with van der Waals surface area (Å²) in [7, 11) is 0. The summed E-state index contributed by atoms with van der Waals surface area (Å²) in [5.41, 5.74) is 0.789. The van der Waals surface area contributed by atoms with Crippen molar-refractivity contribution < 1.29 is 9.21 Å². The van der Waals surface area contributed by atoms with Crippen LogP contribution in [0.25, 0.3) is 11.0 Å². The van der Waals surface area contributed by atoms with Gasteiger partial charge in [0.2, 0.25) is 0 Å². The molecule has 0 bridgehead atoms. The molecule has 1 aromatic heterocycles. The van der Waals surface area contributed by atoms with Crippen molar-refractivity contribution in [3.8, 4) is 0 Å². The monoisotopic (exact) mass is 367 g/mol. The first kappa shape index (κ1) is 17.3. The Morgan fingerprint density at radius 3 is 2.26 bits per heavy atom. The van der Waals surface area contributed by atoms with Gasteiger partial charge in [-0.25, -0.2) is 0 Å².